The van der Waals surface area contributed by atoms with E-state index < -0.39 is 0 Å². The van der Waals surface area contributed by atoms with Gasteiger partial charge in [-0.1, -0.05) is 141 Å². The van der Waals surface area contributed by atoms with Crippen molar-refractivity contribution in [2.75, 3.05) is 0 Å². The quantitative estimate of drug-likeness (QED) is 0.162. The Balaban J connectivity index is 1.11. The first-order valence-electron chi connectivity index (χ1n) is 21.7. The van der Waals surface area contributed by atoms with Crippen molar-refractivity contribution in [3.05, 3.63) is 181 Å². The SMILES string of the molecule is CC1CC2CC(C)CC(c3ccc4c(c3)c3ccc(-c5nc(-c6ccccc6)nc(-c6cc(-c7ccccc7)cc(-c7ccccc7)c6)n5)cc3n4-c3ccccc3)(C1)C2. The molecule has 4 heteroatoms. The van der Waals surface area contributed by atoms with Crippen LogP contribution in [0.25, 0.3) is 83.9 Å². The van der Waals surface area contributed by atoms with Crippen molar-refractivity contribution in [2.24, 2.45) is 17.8 Å². The maximum Gasteiger partial charge on any atom is 0.164 e. The highest BCUT2D eigenvalue weighted by Crippen LogP contribution is 2.54. The van der Waals surface area contributed by atoms with Crippen molar-refractivity contribution >= 4 is 21.8 Å². The van der Waals surface area contributed by atoms with E-state index in [-0.39, 0.29) is 5.41 Å². The highest BCUT2D eigenvalue weighted by molar-refractivity contribution is 6.10. The number of aromatic nitrogens is 4. The zero-order chi connectivity index (χ0) is 40.2. The number of rotatable bonds is 7. The fourth-order valence-electron chi connectivity index (χ4n) is 11.1. The van der Waals surface area contributed by atoms with Gasteiger partial charge in [0.1, 0.15) is 0 Å². The van der Waals surface area contributed by atoms with Crippen molar-refractivity contribution in [1.82, 2.24) is 19.5 Å². The zero-order valence-electron chi connectivity index (χ0n) is 34.3. The van der Waals surface area contributed by atoms with Crippen LogP contribution in [0.2, 0.25) is 0 Å². The molecule has 0 aliphatic heterocycles. The molecule has 2 aromatic heterocycles. The maximum atomic E-state index is 5.32. The van der Waals surface area contributed by atoms with E-state index in [1.54, 1.807) is 0 Å². The Morgan fingerprint density at radius 3 is 1.53 bits per heavy atom. The molecule has 0 amide bonds. The predicted octanol–water partition coefficient (Wildman–Crippen LogP) is 14.4. The minimum Gasteiger partial charge on any atom is -0.309 e. The van der Waals surface area contributed by atoms with Crippen molar-refractivity contribution < 1.29 is 0 Å². The standard InChI is InChI=1S/C56H48N4/c1-37-27-39-28-38(2)35-56(34-37,36-39)47-24-26-51-50(33-47)49-25-23-43(32-52(49)60(51)48-21-13-6-14-22-48)54-57-53(42-19-11-5-12-20-42)58-55(59-54)46-30-44(40-15-7-3-8-16-40)29-45(31-46)41-17-9-4-10-18-41/h3-26,29-33,37-39H,27-28,34-36H2,1-2H3. The number of hydrogen-bond donors (Lipinski definition) is 0. The first-order chi connectivity index (χ1) is 29.5. The summed E-state index contributed by atoms with van der Waals surface area (Å²) in [5.41, 5.74) is 12.7. The van der Waals surface area contributed by atoms with Gasteiger partial charge in [0.25, 0.3) is 0 Å². The maximum absolute atomic E-state index is 5.32. The number of nitrogens with zero attached hydrogens (tertiary/aromatic N) is 4. The van der Waals surface area contributed by atoms with Gasteiger partial charge in [-0.25, -0.2) is 15.0 Å². The molecule has 0 N–H and O–H groups in total. The van der Waals surface area contributed by atoms with Crippen LogP contribution in [0.15, 0.2) is 176 Å². The van der Waals surface area contributed by atoms with Crippen molar-refractivity contribution in [2.45, 2.75) is 51.4 Å². The molecule has 0 radical (unpaired) electrons. The zero-order valence-corrected chi connectivity index (χ0v) is 34.3. The van der Waals surface area contributed by atoms with Crippen LogP contribution in [0.4, 0.5) is 0 Å². The summed E-state index contributed by atoms with van der Waals surface area (Å²) in [7, 11) is 0. The van der Waals surface area contributed by atoms with Gasteiger partial charge in [0, 0.05) is 33.2 Å². The second-order valence-electron chi connectivity index (χ2n) is 17.8. The van der Waals surface area contributed by atoms with Gasteiger partial charge >= 0.3 is 0 Å². The third-order valence-corrected chi connectivity index (χ3v) is 13.4. The molecule has 2 atom stereocenters. The molecule has 2 aliphatic carbocycles. The third kappa shape index (κ3) is 6.61. The number of hydrogen-bond acceptors (Lipinski definition) is 3. The Kier molecular flexibility index (Phi) is 9.03. The highest BCUT2D eigenvalue weighted by Gasteiger charge is 2.45. The molecule has 2 saturated carbocycles. The van der Waals surface area contributed by atoms with Gasteiger partial charge < -0.3 is 4.57 Å². The Morgan fingerprint density at radius 2 is 0.933 bits per heavy atom. The molecule has 2 bridgehead atoms. The molecule has 7 aromatic carbocycles. The Bertz CT molecular complexity index is 2910. The van der Waals surface area contributed by atoms with E-state index in [1.165, 1.54) is 54.0 Å². The Labute approximate surface area is 352 Å². The molecule has 4 nitrogen and oxygen atoms in total. The lowest BCUT2D eigenvalue weighted by atomic mass is 9.54. The van der Waals surface area contributed by atoms with Crippen LogP contribution >= 0.6 is 0 Å². The van der Waals surface area contributed by atoms with Crippen LogP contribution in [-0.2, 0) is 5.41 Å². The van der Waals surface area contributed by atoms with E-state index in [9.17, 15) is 0 Å². The van der Waals surface area contributed by atoms with E-state index in [4.69, 9.17) is 15.0 Å². The van der Waals surface area contributed by atoms with Crippen LogP contribution in [-0.4, -0.2) is 19.5 Å². The molecular weight excluding hydrogens is 729 g/mol. The molecule has 11 rings (SSSR count). The summed E-state index contributed by atoms with van der Waals surface area (Å²) in [6.07, 6.45) is 6.64. The Morgan fingerprint density at radius 1 is 0.417 bits per heavy atom. The van der Waals surface area contributed by atoms with E-state index in [1.807, 2.05) is 18.2 Å². The first kappa shape index (κ1) is 36.4. The van der Waals surface area contributed by atoms with E-state index in [0.29, 0.717) is 17.5 Å². The second-order valence-corrected chi connectivity index (χ2v) is 17.8. The topological polar surface area (TPSA) is 43.6 Å². The smallest absolute Gasteiger partial charge is 0.164 e. The summed E-state index contributed by atoms with van der Waals surface area (Å²) in [4.78, 5) is 15.7. The average molecular weight is 777 g/mol. The van der Waals surface area contributed by atoms with Gasteiger partial charge in [0.15, 0.2) is 17.5 Å². The Hall–Kier alpha value is -6.65. The lowest BCUT2D eigenvalue weighted by Gasteiger charge is -2.50. The molecule has 60 heavy (non-hydrogen) atoms. The summed E-state index contributed by atoms with van der Waals surface area (Å²) in [6, 6.07) is 63.1. The summed E-state index contributed by atoms with van der Waals surface area (Å²) < 4.78 is 2.43. The van der Waals surface area contributed by atoms with Crippen molar-refractivity contribution in [3.8, 4) is 62.1 Å². The highest BCUT2D eigenvalue weighted by atomic mass is 15.0. The molecule has 2 fully saturated rings. The first-order valence-corrected chi connectivity index (χ1v) is 21.7. The van der Waals surface area contributed by atoms with Crippen LogP contribution in [0.3, 0.4) is 0 Å². The van der Waals surface area contributed by atoms with Gasteiger partial charge in [0.2, 0.25) is 0 Å². The molecular formula is C56H48N4. The van der Waals surface area contributed by atoms with E-state index >= 15 is 0 Å². The van der Waals surface area contributed by atoms with Crippen molar-refractivity contribution in [1.29, 1.82) is 0 Å². The number of benzene rings is 7. The van der Waals surface area contributed by atoms with Crippen LogP contribution in [0.5, 0.6) is 0 Å². The van der Waals surface area contributed by atoms with Crippen molar-refractivity contribution in [3.63, 3.8) is 0 Å². The summed E-state index contributed by atoms with van der Waals surface area (Å²) in [5.74, 6) is 4.29. The molecule has 2 heterocycles. The lowest BCUT2D eigenvalue weighted by Crippen LogP contribution is -2.42. The van der Waals surface area contributed by atoms with E-state index in [2.05, 4.69) is 176 Å². The lowest BCUT2D eigenvalue weighted by molar-refractivity contribution is 0.0781. The summed E-state index contributed by atoms with van der Waals surface area (Å²) in [6.45, 7) is 4.96. The normalized spacial score (nSPS) is 20.1. The number of fused-ring (bicyclic) bond motifs is 5. The second kappa shape index (κ2) is 14.9. The minimum absolute atomic E-state index is 0.253. The molecule has 9 aromatic rings. The summed E-state index contributed by atoms with van der Waals surface area (Å²) in [5, 5.41) is 2.56. The fourth-order valence-corrected chi connectivity index (χ4v) is 11.1. The largest absolute Gasteiger partial charge is 0.309 e. The molecule has 292 valence electrons. The molecule has 0 spiro atoms. The molecule has 0 saturated heterocycles. The number of para-hydroxylation sites is 1. The van der Waals surface area contributed by atoms with Gasteiger partial charge in [-0.3, -0.25) is 0 Å². The molecule has 2 unspecified atom stereocenters. The monoisotopic (exact) mass is 776 g/mol. The van der Waals surface area contributed by atoms with Crippen LogP contribution in [0.1, 0.15) is 51.5 Å². The van der Waals surface area contributed by atoms with Gasteiger partial charge in [0.05, 0.1) is 11.0 Å². The van der Waals surface area contributed by atoms with E-state index in [0.717, 1.165) is 67.9 Å². The third-order valence-electron chi connectivity index (χ3n) is 13.4. The average Bonchev–Trinajstić information content (AvgIpc) is 3.62. The van der Waals surface area contributed by atoms with Gasteiger partial charge in [-0.15, -0.1) is 0 Å². The van der Waals surface area contributed by atoms with Crippen LogP contribution < -0.4 is 0 Å². The van der Waals surface area contributed by atoms with Gasteiger partial charge in [-0.05, 0) is 132 Å². The summed E-state index contributed by atoms with van der Waals surface area (Å²) >= 11 is 0. The molecule has 2 aliphatic rings. The minimum atomic E-state index is 0.253. The predicted molar refractivity (Wildman–Crippen MR) is 248 cm³/mol. The van der Waals surface area contributed by atoms with Gasteiger partial charge in [-0.2, -0.15) is 0 Å². The van der Waals surface area contributed by atoms with Crippen LogP contribution in [0, 0.1) is 17.8 Å². The fraction of sp³-hybridized carbons (Fsp3) is 0.196.